The van der Waals surface area contributed by atoms with Crippen LogP contribution in [-0.2, 0) is 19.2 Å². The third kappa shape index (κ3) is 3.96. The maximum absolute atomic E-state index is 12.0. The quantitative estimate of drug-likeness (QED) is 0.379. The van der Waals surface area contributed by atoms with Crippen molar-refractivity contribution in [1.29, 1.82) is 0 Å². The number of ether oxygens (including phenoxy) is 1. The lowest BCUT2D eigenvalue weighted by Crippen LogP contribution is -2.48. The van der Waals surface area contributed by atoms with Gasteiger partial charge in [-0.15, -0.1) is 0 Å². The van der Waals surface area contributed by atoms with Crippen molar-refractivity contribution in [3.05, 3.63) is 0 Å². The first-order valence-corrected chi connectivity index (χ1v) is 8.02. The molecule has 1 saturated heterocycles. The molecule has 2 fully saturated rings. The van der Waals surface area contributed by atoms with Gasteiger partial charge < -0.3 is 10.1 Å². The summed E-state index contributed by atoms with van der Waals surface area (Å²) in [6.45, 7) is 7.28. The number of hydrogen-bond donors (Lipinski definition) is 3. The third-order valence-corrected chi connectivity index (χ3v) is 4.32. The van der Waals surface area contributed by atoms with Crippen molar-refractivity contribution >= 4 is 17.9 Å². The Morgan fingerprint density at radius 3 is 2.62 bits per heavy atom. The van der Waals surface area contributed by atoms with E-state index in [-0.39, 0.29) is 31.0 Å². The summed E-state index contributed by atoms with van der Waals surface area (Å²) in [5, 5.41) is 12.8. The zero-order valence-corrected chi connectivity index (χ0v) is 14.4. The van der Waals surface area contributed by atoms with Gasteiger partial charge in [0.05, 0.1) is 24.5 Å². The van der Waals surface area contributed by atoms with E-state index in [0.717, 1.165) is 0 Å². The average molecular weight is 343 g/mol. The van der Waals surface area contributed by atoms with Gasteiger partial charge in [0.15, 0.2) is 0 Å². The van der Waals surface area contributed by atoms with Crippen molar-refractivity contribution < 1.29 is 29.2 Å². The first-order chi connectivity index (χ1) is 11.1. The summed E-state index contributed by atoms with van der Waals surface area (Å²) in [5.74, 6) is -1.75. The summed E-state index contributed by atoms with van der Waals surface area (Å²) in [6, 6.07) is -0.259. The molecule has 0 radical (unpaired) electrons. The van der Waals surface area contributed by atoms with Gasteiger partial charge in [0.2, 0.25) is 11.8 Å². The Bertz CT molecular complexity index is 518. The highest BCUT2D eigenvalue weighted by Crippen LogP contribution is 2.49. The molecule has 0 bridgehead atoms. The molecule has 1 heterocycles. The summed E-state index contributed by atoms with van der Waals surface area (Å²) in [5.41, 5.74) is 1.71. The van der Waals surface area contributed by atoms with Crippen LogP contribution in [0.3, 0.4) is 0 Å². The molecule has 136 valence electrons. The lowest BCUT2D eigenvalue weighted by Gasteiger charge is -2.37. The number of carbonyl (C=O) groups excluding carboxylic acids is 3. The summed E-state index contributed by atoms with van der Waals surface area (Å²) in [7, 11) is 0. The van der Waals surface area contributed by atoms with Gasteiger partial charge in [-0.3, -0.25) is 19.6 Å². The highest BCUT2D eigenvalue weighted by Gasteiger charge is 2.59. The molecule has 1 unspecified atom stereocenters. The Morgan fingerprint density at radius 1 is 1.38 bits per heavy atom. The van der Waals surface area contributed by atoms with E-state index in [1.54, 1.807) is 27.7 Å². The number of nitrogens with one attached hydrogen (secondary N) is 2. The molecule has 3 amide bonds. The number of amides is 3. The van der Waals surface area contributed by atoms with Crippen molar-refractivity contribution in [3.63, 3.8) is 0 Å². The summed E-state index contributed by atoms with van der Waals surface area (Å²) in [4.78, 5) is 40.3. The van der Waals surface area contributed by atoms with Crippen molar-refractivity contribution in [2.45, 2.75) is 45.8 Å². The maximum atomic E-state index is 12.0. The van der Waals surface area contributed by atoms with Gasteiger partial charge in [-0.25, -0.2) is 15.3 Å². The first-order valence-electron chi connectivity index (χ1n) is 8.02. The van der Waals surface area contributed by atoms with Crippen molar-refractivity contribution in [3.8, 4) is 0 Å². The maximum Gasteiger partial charge on any atom is 0.407 e. The average Bonchev–Trinajstić information content (AvgIpc) is 2.57. The Balaban J connectivity index is 1.63. The fourth-order valence-electron chi connectivity index (χ4n) is 3.06. The first kappa shape index (κ1) is 18.5. The lowest BCUT2D eigenvalue weighted by molar-refractivity contribution is -0.167. The van der Waals surface area contributed by atoms with E-state index in [4.69, 9.17) is 9.57 Å². The highest BCUT2D eigenvalue weighted by atomic mass is 16.7. The van der Waals surface area contributed by atoms with Gasteiger partial charge in [-0.2, -0.15) is 0 Å². The fraction of sp³-hybridized carbons (Fsp3) is 0.800. The van der Waals surface area contributed by atoms with Gasteiger partial charge in [0.25, 0.3) is 0 Å². The van der Waals surface area contributed by atoms with Crippen LogP contribution in [-0.4, -0.2) is 53.0 Å². The third-order valence-electron chi connectivity index (χ3n) is 4.32. The zero-order chi connectivity index (χ0) is 18.1. The Morgan fingerprint density at radius 2 is 2.04 bits per heavy atom. The monoisotopic (exact) mass is 343 g/mol. The minimum atomic E-state index is -0.578. The molecule has 9 nitrogen and oxygen atoms in total. The van der Waals surface area contributed by atoms with Crippen LogP contribution in [0.15, 0.2) is 0 Å². The van der Waals surface area contributed by atoms with E-state index < -0.39 is 29.4 Å². The van der Waals surface area contributed by atoms with Crippen molar-refractivity contribution in [1.82, 2.24) is 15.9 Å². The number of hydroxylamine groups is 3. The van der Waals surface area contributed by atoms with Crippen LogP contribution in [0.4, 0.5) is 4.79 Å². The molecule has 0 aromatic heterocycles. The molecule has 24 heavy (non-hydrogen) atoms. The van der Waals surface area contributed by atoms with Crippen LogP contribution in [0.5, 0.6) is 0 Å². The highest BCUT2D eigenvalue weighted by molar-refractivity contribution is 5.90. The van der Waals surface area contributed by atoms with Crippen LogP contribution in [0, 0.1) is 17.8 Å². The fourth-order valence-corrected chi connectivity index (χ4v) is 3.06. The van der Waals surface area contributed by atoms with E-state index in [1.807, 2.05) is 0 Å². The minimum absolute atomic E-state index is 0.00656. The molecule has 1 saturated carbocycles. The van der Waals surface area contributed by atoms with E-state index in [1.165, 1.54) is 0 Å². The van der Waals surface area contributed by atoms with Gasteiger partial charge in [-0.05, 0) is 40.0 Å². The normalized spacial score (nSPS) is 28.9. The van der Waals surface area contributed by atoms with Crippen LogP contribution in [0.1, 0.15) is 34.1 Å². The molecule has 9 heteroatoms. The molecule has 1 aliphatic carbocycles. The standard InChI is InChI=1S/C15H25N3O6/c1-8-9-7-10(11(9)13(20)18(8)22)12(19)17-23-6-5-16-14(21)24-15(2,3)4/h8-11,22H,5-7H2,1-4H3,(H,16,21)(H,17,19)/t8-,9-,10+,11?/m0/s1. The van der Waals surface area contributed by atoms with Crippen molar-refractivity contribution in [2.75, 3.05) is 13.2 Å². The smallest absolute Gasteiger partial charge is 0.407 e. The lowest BCUT2D eigenvalue weighted by atomic mass is 9.64. The Kier molecular flexibility index (Phi) is 5.34. The predicted molar refractivity (Wildman–Crippen MR) is 81.5 cm³/mol. The number of hydrogen-bond acceptors (Lipinski definition) is 6. The Labute approximate surface area is 140 Å². The zero-order valence-electron chi connectivity index (χ0n) is 14.4. The summed E-state index contributed by atoms with van der Waals surface area (Å²) < 4.78 is 5.05. The van der Waals surface area contributed by atoms with Gasteiger partial charge in [-0.1, -0.05) is 0 Å². The van der Waals surface area contributed by atoms with E-state index in [0.29, 0.717) is 11.5 Å². The predicted octanol–water partition coefficient (Wildman–Crippen LogP) is 0.431. The second-order valence-corrected chi connectivity index (χ2v) is 7.20. The molecule has 2 rings (SSSR count). The number of carbonyl (C=O) groups is 3. The van der Waals surface area contributed by atoms with Gasteiger partial charge in [0, 0.05) is 6.54 Å². The molecule has 0 aromatic rings. The van der Waals surface area contributed by atoms with E-state index in [9.17, 15) is 19.6 Å². The SMILES string of the molecule is C[C@H]1[C@@H]2C[C@@H](C(=O)NOCCNC(=O)OC(C)(C)C)C2C(=O)N1O. The van der Waals surface area contributed by atoms with Crippen LogP contribution in [0.2, 0.25) is 0 Å². The molecule has 0 aromatic carbocycles. The van der Waals surface area contributed by atoms with E-state index in [2.05, 4.69) is 10.8 Å². The van der Waals surface area contributed by atoms with Gasteiger partial charge >= 0.3 is 6.09 Å². The number of rotatable bonds is 5. The second-order valence-electron chi connectivity index (χ2n) is 7.20. The molecule has 3 N–H and O–H groups in total. The molecular weight excluding hydrogens is 318 g/mol. The van der Waals surface area contributed by atoms with Crippen LogP contribution < -0.4 is 10.8 Å². The number of fused-ring (bicyclic) bond motifs is 1. The number of nitrogens with zero attached hydrogens (tertiary/aromatic N) is 1. The van der Waals surface area contributed by atoms with Gasteiger partial charge in [0.1, 0.15) is 5.60 Å². The van der Waals surface area contributed by atoms with Crippen LogP contribution >= 0.6 is 0 Å². The molecule has 2 aliphatic rings. The molecule has 0 spiro atoms. The topological polar surface area (TPSA) is 117 Å². The van der Waals surface area contributed by atoms with E-state index >= 15 is 0 Å². The van der Waals surface area contributed by atoms with Crippen LogP contribution in [0.25, 0.3) is 0 Å². The molecular formula is C15H25N3O6. The molecule has 1 aliphatic heterocycles. The number of alkyl carbamates (subject to hydrolysis) is 1. The summed E-state index contributed by atoms with van der Waals surface area (Å²) >= 11 is 0. The minimum Gasteiger partial charge on any atom is -0.444 e. The second kappa shape index (κ2) is 6.94. The summed E-state index contributed by atoms with van der Waals surface area (Å²) in [6.07, 6.45) is -0.0205. The van der Waals surface area contributed by atoms with Crippen molar-refractivity contribution in [2.24, 2.45) is 17.8 Å². The molecule has 4 atom stereocenters. The Hall–Kier alpha value is -1.87. The largest absolute Gasteiger partial charge is 0.444 e.